The number of amides is 2. The van der Waals surface area contributed by atoms with Crippen LogP contribution in [0.15, 0.2) is 10.5 Å². The number of likely N-dealkylation sites (tertiary alicyclic amines) is 1. The Morgan fingerprint density at radius 3 is 2.47 bits per heavy atom. The van der Waals surface area contributed by atoms with Crippen LogP contribution < -0.4 is 0 Å². The van der Waals surface area contributed by atoms with E-state index in [1.807, 2.05) is 4.90 Å². The summed E-state index contributed by atoms with van der Waals surface area (Å²) in [5, 5.41) is 0. The van der Waals surface area contributed by atoms with Crippen LogP contribution in [0.2, 0.25) is 0 Å². The third-order valence-electron chi connectivity index (χ3n) is 3.45. The van der Waals surface area contributed by atoms with Gasteiger partial charge in [-0.1, -0.05) is 0 Å². The molecule has 0 spiro atoms. The molecule has 0 unspecified atom stereocenters. The second-order valence-corrected chi connectivity index (χ2v) is 5.08. The first-order chi connectivity index (χ1) is 8.99. The summed E-state index contributed by atoms with van der Waals surface area (Å²) in [5.41, 5.74) is 0.536. The van der Waals surface area contributed by atoms with Gasteiger partial charge in [0.2, 0.25) is 5.91 Å². The van der Waals surface area contributed by atoms with E-state index in [2.05, 4.69) is 0 Å². The fourth-order valence-electron chi connectivity index (χ4n) is 2.39. The van der Waals surface area contributed by atoms with Crippen LogP contribution in [0.3, 0.4) is 0 Å². The van der Waals surface area contributed by atoms with E-state index < -0.39 is 0 Å². The van der Waals surface area contributed by atoms with Crippen LogP contribution in [0, 0.1) is 13.8 Å². The van der Waals surface area contributed by atoms with Crippen molar-refractivity contribution in [2.75, 3.05) is 26.7 Å². The third-order valence-corrected chi connectivity index (χ3v) is 3.45. The van der Waals surface area contributed by atoms with E-state index in [1.54, 1.807) is 27.0 Å². The highest BCUT2D eigenvalue weighted by molar-refractivity contribution is 5.97. The molecule has 0 atom stereocenters. The first-order valence-electron chi connectivity index (χ1n) is 6.59. The predicted molar refractivity (Wildman–Crippen MR) is 71.0 cm³/mol. The minimum atomic E-state index is -0.165. The molecule has 104 valence electrons. The Balaban J connectivity index is 1.99. The maximum absolute atomic E-state index is 12.2. The molecule has 1 saturated heterocycles. The van der Waals surface area contributed by atoms with E-state index >= 15 is 0 Å². The molecular formula is C14H20N2O3. The molecule has 0 N–H and O–H groups in total. The molecule has 2 heterocycles. The van der Waals surface area contributed by atoms with Crippen LogP contribution in [-0.4, -0.2) is 48.3 Å². The average molecular weight is 264 g/mol. The van der Waals surface area contributed by atoms with E-state index in [1.165, 1.54) is 4.90 Å². The molecule has 1 aliphatic rings. The number of furan rings is 1. The minimum Gasteiger partial charge on any atom is -0.466 e. The lowest BCUT2D eigenvalue weighted by molar-refractivity contribution is -0.130. The molecule has 1 fully saturated rings. The van der Waals surface area contributed by atoms with Gasteiger partial charge in [0.1, 0.15) is 11.5 Å². The van der Waals surface area contributed by atoms with Crippen molar-refractivity contribution in [2.45, 2.75) is 26.7 Å². The molecule has 0 aliphatic carbocycles. The highest BCUT2D eigenvalue weighted by Gasteiger charge is 2.23. The van der Waals surface area contributed by atoms with Crippen LogP contribution in [0.5, 0.6) is 0 Å². The Kier molecular flexibility index (Phi) is 3.93. The van der Waals surface area contributed by atoms with E-state index in [4.69, 9.17) is 4.42 Å². The lowest BCUT2D eigenvalue weighted by Crippen LogP contribution is -2.39. The van der Waals surface area contributed by atoms with Gasteiger partial charge in [0.15, 0.2) is 0 Å². The van der Waals surface area contributed by atoms with Crippen LogP contribution in [0.4, 0.5) is 0 Å². The molecule has 0 radical (unpaired) electrons. The van der Waals surface area contributed by atoms with Crippen LogP contribution in [0.1, 0.15) is 34.7 Å². The van der Waals surface area contributed by atoms with Gasteiger partial charge in [0.05, 0.1) is 12.1 Å². The quantitative estimate of drug-likeness (QED) is 0.833. The fraction of sp³-hybridized carbons (Fsp3) is 0.571. The second-order valence-electron chi connectivity index (χ2n) is 5.08. The molecule has 1 aromatic rings. The fourth-order valence-corrected chi connectivity index (χ4v) is 2.39. The molecule has 5 nitrogen and oxygen atoms in total. The molecule has 2 rings (SSSR count). The highest BCUT2D eigenvalue weighted by atomic mass is 16.3. The molecule has 0 aromatic carbocycles. The number of rotatable bonds is 3. The Morgan fingerprint density at radius 2 is 1.95 bits per heavy atom. The van der Waals surface area contributed by atoms with Crippen molar-refractivity contribution in [3.05, 3.63) is 23.2 Å². The van der Waals surface area contributed by atoms with Crippen molar-refractivity contribution < 1.29 is 14.0 Å². The van der Waals surface area contributed by atoms with Crippen molar-refractivity contribution in [1.29, 1.82) is 0 Å². The van der Waals surface area contributed by atoms with Crippen LogP contribution in [-0.2, 0) is 4.79 Å². The summed E-state index contributed by atoms with van der Waals surface area (Å²) in [4.78, 5) is 27.5. The summed E-state index contributed by atoms with van der Waals surface area (Å²) < 4.78 is 5.35. The topological polar surface area (TPSA) is 53.8 Å². The second kappa shape index (κ2) is 5.47. The summed E-state index contributed by atoms with van der Waals surface area (Å²) in [6.07, 6.45) is 2.12. The monoisotopic (exact) mass is 264 g/mol. The molecule has 2 amide bonds. The van der Waals surface area contributed by atoms with Gasteiger partial charge in [0, 0.05) is 20.1 Å². The van der Waals surface area contributed by atoms with Gasteiger partial charge in [-0.3, -0.25) is 9.59 Å². The zero-order valence-electron chi connectivity index (χ0n) is 11.7. The summed E-state index contributed by atoms with van der Waals surface area (Å²) in [7, 11) is 1.65. The standard InChI is InChI=1S/C14H20N2O3/c1-10-8-12(11(2)19-10)14(18)15(3)9-13(17)16-6-4-5-7-16/h8H,4-7,9H2,1-3H3. The van der Waals surface area contributed by atoms with E-state index in [0.29, 0.717) is 17.1 Å². The number of carbonyl (C=O) groups is 2. The van der Waals surface area contributed by atoms with E-state index in [9.17, 15) is 9.59 Å². The molecule has 1 aliphatic heterocycles. The van der Waals surface area contributed by atoms with Crippen LogP contribution >= 0.6 is 0 Å². The molecule has 0 bridgehead atoms. The lowest BCUT2D eigenvalue weighted by Gasteiger charge is -2.21. The summed E-state index contributed by atoms with van der Waals surface area (Å²) in [6, 6.07) is 1.72. The molecular weight excluding hydrogens is 244 g/mol. The van der Waals surface area contributed by atoms with Gasteiger partial charge in [-0.25, -0.2) is 0 Å². The number of hydrogen-bond donors (Lipinski definition) is 0. The Morgan fingerprint density at radius 1 is 1.32 bits per heavy atom. The van der Waals surface area contributed by atoms with Gasteiger partial charge in [-0.05, 0) is 32.8 Å². The predicted octanol–water partition coefficient (Wildman–Crippen LogP) is 1.59. The zero-order valence-corrected chi connectivity index (χ0v) is 11.7. The van der Waals surface area contributed by atoms with Gasteiger partial charge >= 0.3 is 0 Å². The highest BCUT2D eigenvalue weighted by Crippen LogP contribution is 2.16. The molecule has 1 aromatic heterocycles. The largest absolute Gasteiger partial charge is 0.466 e. The smallest absolute Gasteiger partial charge is 0.257 e. The number of likely N-dealkylation sites (N-methyl/N-ethyl adjacent to an activating group) is 1. The molecule has 5 heteroatoms. The zero-order chi connectivity index (χ0) is 14.0. The van der Waals surface area contributed by atoms with Gasteiger partial charge in [-0.2, -0.15) is 0 Å². The van der Waals surface area contributed by atoms with Gasteiger partial charge < -0.3 is 14.2 Å². The summed E-state index contributed by atoms with van der Waals surface area (Å²) in [5.74, 6) is 1.16. The van der Waals surface area contributed by atoms with Crippen molar-refractivity contribution in [3.63, 3.8) is 0 Å². The van der Waals surface area contributed by atoms with Gasteiger partial charge in [0.25, 0.3) is 5.91 Å². The Bertz CT molecular complexity index is 487. The lowest BCUT2D eigenvalue weighted by atomic mass is 10.2. The number of hydrogen-bond acceptors (Lipinski definition) is 3. The number of aryl methyl sites for hydroxylation is 2. The number of nitrogens with zero attached hydrogens (tertiary/aromatic N) is 2. The maximum Gasteiger partial charge on any atom is 0.257 e. The van der Waals surface area contributed by atoms with Gasteiger partial charge in [-0.15, -0.1) is 0 Å². The van der Waals surface area contributed by atoms with Crippen molar-refractivity contribution in [1.82, 2.24) is 9.80 Å². The normalized spacial score (nSPS) is 14.8. The molecule has 19 heavy (non-hydrogen) atoms. The maximum atomic E-state index is 12.2. The SMILES string of the molecule is Cc1cc(C(=O)N(C)CC(=O)N2CCCC2)c(C)o1. The van der Waals surface area contributed by atoms with Crippen LogP contribution in [0.25, 0.3) is 0 Å². The van der Waals surface area contributed by atoms with E-state index in [0.717, 1.165) is 25.9 Å². The first-order valence-corrected chi connectivity index (χ1v) is 6.59. The average Bonchev–Trinajstić information content (AvgIpc) is 2.97. The van der Waals surface area contributed by atoms with E-state index in [-0.39, 0.29) is 18.4 Å². The Hall–Kier alpha value is -1.78. The number of carbonyl (C=O) groups excluding carboxylic acids is 2. The van der Waals surface area contributed by atoms with Crippen molar-refractivity contribution in [2.24, 2.45) is 0 Å². The Labute approximate surface area is 113 Å². The third kappa shape index (κ3) is 2.97. The summed E-state index contributed by atoms with van der Waals surface area (Å²) in [6.45, 7) is 5.31. The first kappa shape index (κ1) is 13.6. The van der Waals surface area contributed by atoms with Crippen molar-refractivity contribution >= 4 is 11.8 Å². The summed E-state index contributed by atoms with van der Waals surface area (Å²) >= 11 is 0. The van der Waals surface area contributed by atoms with Crippen molar-refractivity contribution in [3.8, 4) is 0 Å². The minimum absolute atomic E-state index is 0.0196. The molecule has 0 saturated carbocycles.